The van der Waals surface area contributed by atoms with E-state index in [1.165, 1.54) is 7.11 Å². The Balaban J connectivity index is 2.23. The normalized spacial score (nSPS) is 27.4. The lowest BCUT2D eigenvalue weighted by Gasteiger charge is -1.99. The van der Waals surface area contributed by atoms with Crippen molar-refractivity contribution in [2.45, 2.75) is 12.5 Å². The second kappa shape index (κ2) is 2.77. The van der Waals surface area contributed by atoms with Gasteiger partial charge in [-0.1, -0.05) is 0 Å². The SMILES string of the molecule is COC(=O)N[C@@H]1C[C@H]1C(=O)O. The number of methoxy groups -OCH3 is 1. The minimum Gasteiger partial charge on any atom is -0.481 e. The quantitative estimate of drug-likeness (QED) is 0.585. The maximum absolute atomic E-state index is 10.5. The van der Waals surface area contributed by atoms with E-state index in [0.717, 1.165) is 0 Å². The minimum absolute atomic E-state index is 0.236. The lowest BCUT2D eigenvalue weighted by Crippen LogP contribution is -2.27. The average Bonchev–Trinajstić information content (AvgIpc) is 2.67. The molecule has 1 rings (SSSR count). The molecule has 1 aliphatic rings. The summed E-state index contributed by atoms with van der Waals surface area (Å²) in [6.45, 7) is 0. The van der Waals surface area contributed by atoms with Crippen molar-refractivity contribution < 1.29 is 19.4 Å². The number of alkyl carbamates (subject to hydrolysis) is 1. The number of carbonyl (C=O) groups is 2. The van der Waals surface area contributed by atoms with E-state index in [9.17, 15) is 9.59 Å². The molecule has 0 aliphatic heterocycles. The maximum Gasteiger partial charge on any atom is 0.407 e. The largest absolute Gasteiger partial charge is 0.481 e. The Hall–Kier alpha value is -1.26. The van der Waals surface area contributed by atoms with Gasteiger partial charge in [-0.3, -0.25) is 4.79 Å². The molecule has 62 valence electrons. The van der Waals surface area contributed by atoms with Gasteiger partial charge in [0.05, 0.1) is 13.0 Å². The van der Waals surface area contributed by atoms with Crippen LogP contribution in [0.1, 0.15) is 6.42 Å². The zero-order chi connectivity index (χ0) is 8.43. The molecule has 0 aromatic heterocycles. The van der Waals surface area contributed by atoms with E-state index in [0.29, 0.717) is 6.42 Å². The molecule has 5 heteroatoms. The second-order valence-electron chi connectivity index (χ2n) is 2.42. The van der Waals surface area contributed by atoms with Gasteiger partial charge < -0.3 is 15.2 Å². The summed E-state index contributed by atoms with van der Waals surface area (Å²) in [5.74, 6) is -1.29. The van der Waals surface area contributed by atoms with Crippen molar-refractivity contribution in [3.63, 3.8) is 0 Å². The number of amides is 1. The number of carboxylic acids is 1. The Morgan fingerprint density at radius 2 is 2.27 bits per heavy atom. The van der Waals surface area contributed by atoms with Crippen LogP contribution in [0, 0.1) is 5.92 Å². The summed E-state index contributed by atoms with van der Waals surface area (Å²) >= 11 is 0. The van der Waals surface area contributed by atoms with Gasteiger partial charge in [0.2, 0.25) is 0 Å². The van der Waals surface area contributed by atoms with Crippen LogP contribution >= 0.6 is 0 Å². The summed E-state index contributed by atoms with van der Waals surface area (Å²) in [6, 6.07) is -0.236. The topological polar surface area (TPSA) is 75.6 Å². The summed E-state index contributed by atoms with van der Waals surface area (Å²) in [5, 5.41) is 10.8. The number of carbonyl (C=O) groups excluding carboxylic acids is 1. The van der Waals surface area contributed by atoms with Crippen molar-refractivity contribution in [3.8, 4) is 0 Å². The molecule has 0 unspecified atom stereocenters. The van der Waals surface area contributed by atoms with E-state index in [-0.39, 0.29) is 6.04 Å². The van der Waals surface area contributed by atoms with Gasteiger partial charge in [-0.15, -0.1) is 0 Å². The molecule has 11 heavy (non-hydrogen) atoms. The lowest BCUT2D eigenvalue weighted by molar-refractivity contribution is -0.138. The molecule has 5 nitrogen and oxygen atoms in total. The van der Waals surface area contributed by atoms with Crippen molar-refractivity contribution in [1.29, 1.82) is 0 Å². The molecular weight excluding hydrogens is 150 g/mol. The van der Waals surface area contributed by atoms with Gasteiger partial charge in [0.1, 0.15) is 0 Å². The number of aliphatic carboxylic acids is 1. The van der Waals surface area contributed by atoms with Gasteiger partial charge >= 0.3 is 12.1 Å². The smallest absolute Gasteiger partial charge is 0.407 e. The van der Waals surface area contributed by atoms with Crippen molar-refractivity contribution in [2.24, 2.45) is 5.92 Å². The van der Waals surface area contributed by atoms with Crippen LogP contribution in [-0.2, 0) is 9.53 Å². The molecule has 1 saturated carbocycles. The monoisotopic (exact) mass is 159 g/mol. The zero-order valence-corrected chi connectivity index (χ0v) is 6.03. The van der Waals surface area contributed by atoms with Crippen molar-refractivity contribution in [3.05, 3.63) is 0 Å². The highest BCUT2D eigenvalue weighted by Crippen LogP contribution is 2.30. The van der Waals surface area contributed by atoms with E-state index in [1.54, 1.807) is 0 Å². The minimum atomic E-state index is -0.869. The van der Waals surface area contributed by atoms with E-state index < -0.39 is 18.0 Å². The summed E-state index contributed by atoms with van der Waals surface area (Å²) < 4.78 is 4.29. The highest BCUT2D eigenvalue weighted by atomic mass is 16.5. The first-order valence-corrected chi connectivity index (χ1v) is 3.22. The number of rotatable bonds is 2. The van der Waals surface area contributed by atoms with E-state index in [2.05, 4.69) is 10.1 Å². The number of ether oxygens (including phenoxy) is 1. The van der Waals surface area contributed by atoms with Gasteiger partial charge in [-0.2, -0.15) is 0 Å². The van der Waals surface area contributed by atoms with Gasteiger partial charge in [0.15, 0.2) is 0 Å². The third-order valence-corrected chi connectivity index (χ3v) is 1.60. The fraction of sp³-hybridized carbons (Fsp3) is 0.667. The molecular formula is C6H9NO4. The van der Waals surface area contributed by atoms with Crippen LogP contribution in [0.3, 0.4) is 0 Å². The molecule has 0 spiro atoms. The fourth-order valence-corrected chi connectivity index (χ4v) is 0.838. The molecule has 0 bridgehead atoms. The molecule has 2 atom stereocenters. The standard InChI is InChI=1S/C6H9NO4/c1-11-6(10)7-4-2-3(4)5(8)9/h3-4H,2H2,1H3,(H,7,10)(H,8,9)/t3-,4-/m1/s1. The Morgan fingerprint density at radius 3 is 2.64 bits per heavy atom. The van der Waals surface area contributed by atoms with Gasteiger partial charge in [-0.25, -0.2) is 4.79 Å². The van der Waals surface area contributed by atoms with Crippen molar-refractivity contribution in [1.82, 2.24) is 5.32 Å². The predicted molar refractivity (Wildman–Crippen MR) is 35.1 cm³/mol. The number of hydrogen-bond acceptors (Lipinski definition) is 3. The summed E-state index contributed by atoms with van der Waals surface area (Å²) in [5.41, 5.74) is 0. The Morgan fingerprint density at radius 1 is 1.64 bits per heavy atom. The summed E-state index contributed by atoms with van der Waals surface area (Å²) in [4.78, 5) is 20.8. The molecule has 0 saturated heterocycles. The van der Waals surface area contributed by atoms with Crippen molar-refractivity contribution >= 4 is 12.1 Å². The van der Waals surface area contributed by atoms with Gasteiger partial charge in [0, 0.05) is 6.04 Å². The molecule has 0 heterocycles. The molecule has 2 N–H and O–H groups in total. The van der Waals surface area contributed by atoms with Crippen LogP contribution in [0.4, 0.5) is 4.79 Å². The van der Waals surface area contributed by atoms with Gasteiger partial charge in [-0.05, 0) is 6.42 Å². The Labute approximate surface area is 63.3 Å². The first kappa shape index (κ1) is 7.84. The molecule has 0 aromatic carbocycles. The average molecular weight is 159 g/mol. The molecule has 0 radical (unpaired) electrons. The molecule has 1 amide bonds. The third-order valence-electron chi connectivity index (χ3n) is 1.60. The van der Waals surface area contributed by atoms with Gasteiger partial charge in [0.25, 0.3) is 0 Å². The number of carboxylic acid groups (broad SMARTS) is 1. The van der Waals surface area contributed by atoms with Crippen LogP contribution in [0.5, 0.6) is 0 Å². The summed E-state index contributed by atoms with van der Waals surface area (Å²) in [7, 11) is 1.24. The Bertz CT molecular complexity index is 191. The van der Waals surface area contributed by atoms with E-state index in [4.69, 9.17) is 5.11 Å². The first-order chi connectivity index (χ1) is 5.15. The van der Waals surface area contributed by atoms with E-state index in [1.807, 2.05) is 0 Å². The van der Waals surface area contributed by atoms with Crippen LogP contribution in [0.25, 0.3) is 0 Å². The molecule has 0 aromatic rings. The highest BCUT2D eigenvalue weighted by molar-refractivity contribution is 5.77. The van der Waals surface area contributed by atoms with Crippen molar-refractivity contribution in [2.75, 3.05) is 7.11 Å². The Kier molecular flexibility index (Phi) is 1.98. The number of nitrogens with one attached hydrogen (secondary N) is 1. The van der Waals surface area contributed by atoms with Crippen LogP contribution < -0.4 is 5.32 Å². The summed E-state index contributed by atoms with van der Waals surface area (Å²) in [6.07, 6.45) is -0.0662. The predicted octanol–water partition coefficient (Wildman–Crippen LogP) is -0.185. The maximum atomic E-state index is 10.5. The van der Waals surface area contributed by atoms with Crippen LogP contribution in [0.2, 0.25) is 0 Å². The lowest BCUT2D eigenvalue weighted by atomic mass is 10.4. The van der Waals surface area contributed by atoms with Crippen LogP contribution in [0.15, 0.2) is 0 Å². The fourth-order valence-electron chi connectivity index (χ4n) is 0.838. The van der Waals surface area contributed by atoms with Crippen LogP contribution in [-0.4, -0.2) is 30.3 Å². The zero-order valence-electron chi connectivity index (χ0n) is 6.03. The second-order valence-corrected chi connectivity index (χ2v) is 2.42. The van der Waals surface area contributed by atoms with E-state index >= 15 is 0 Å². The first-order valence-electron chi connectivity index (χ1n) is 3.22. The molecule has 1 aliphatic carbocycles. The number of hydrogen-bond donors (Lipinski definition) is 2. The molecule has 1 fully saturated rings. The third kappa shape index (κ3) is 1.83. The highest BCUT2D eigenvalue weighted by Gasteiger charge is 2.44.